The summed E-state index contributed by atoms with van der Waals surface area (Å²) in [5, 5.41) is 22.3. The number of nitrogens with zero attached hydrogens (tertiary/aromatic N) is 2. The largest absolute Gasteiger partial charge is 0.350 e. The van der Waals surface area contributed by atoms with E-state index in [0.717, 1.165) is 49.1 Å². The molecule has 1 aromatic carbocycles. The van der Waals surface area contributed by atoms with E-state index in [1.165, 1.54) is 39.8 Å². The van der Waals surface area contributed by atoms with Crippen LogP contribution in [0.15, 0.2) is 24.3 Å². The number of nitrogens with one attached hydrogen (secondary N) is 8. The van der Waals surface area contributed by atoms with Gasteiger partial charge in [0.1, 0.15) is 58.8 Å². The van der Waals surface area contributed by atoms with Gasteiger partial charge in [0.2, 0.25) is 47.3 Å². The number of carbonyl (C=O) groups is 9. The van der Waals surface area contributed by atoms with Crippen molar-refractivity contribution in [3.05, 3.63) is 35.6 Å². The number of hydrogen-bond donors (Lipinski definition) is 8. The summed E-state index contributed by atoms with van der Waals surface area (Å²) in [5.74, 6) is -6.59. The molecule has 2 fully saturated rings. The summed E-state index contributed by atoms with van der Waals surface area (Å²) < 4.78 is 28.7. The highest BCUT2D eigenvalue weighted by Crippen LogP contribution is 2.29. The molecule has 0 unspecified atom stereocenters. The van der Waals surface area contributed by atoms with Gasteiger partial charge in [0.25, 0.3) is 5.91 Å². The van der Waals surface area contributed by atoms with Crippen molar-refractivity contribution in [1.82, 2.24) is 52.3 Å². The molecule has 19 nitrogen and oxygen atoms in total. The lowest BCUT2D eigenvalue weighted by Crippen LogP contribution is -2.65. The van der Waals surface area contributed by atoms with Crippen LogP contribution < -0.4 is 42.5 Å². The fourth-order valence-electron chi connectivity index (χ4n) is 9.82. The molecule has 3 rings (SSSR count). The van der Waals surface area contributed by atoms with E-state index in [4.69, 9.17) is 0 Å². The van der Waals surface area contributed by atoms with E-state index in [1.807, 2.05) is 67.5 Å². The van der Waals surface area contributed by atoms with E-state index in [9.17, 15) is 47.5 Å². The molecular formula is C57H94F2N10O9. The number of amides is 9. The molecule has 0 spiro atoms. The first kappa shape index (κ1) is 66.5. The Balaban J connectivity index is 1.79. The number of alkyl halides is 1. The van der Waals surface area contributed by atoms with Crippen molar-refractivity contribution in [3.63, 3.8) is 0 Å². The SMILES string of the molecule is CC(C)C[C@H](NC(=O)[C@H](CCC1CCCCC1)NC(=O)[C@@H]1C[C@@H](F)CN1C(=O)c1ccc(F)cc1)C(=O)NC(C)(C)C(=O)N[C@@H](CC(C)C)C(=O)N[C@@H](CC(C)C)C(=O)NC(C)(C)C(=O)NC(C)(C)C(=O)N[C@@H](C)CN(C)C. The second-order valence-corrected chi connectivity index (χ2v) is 24.9. The summed E-state index contributed by atoms with van der Waals surface area (Å²) in [6.45, 7) is 22.1. The summed E-state index contributed by atoms with van der Waals surface area (Å²) in [6.07, 6.45) is 4.47. The maximum atomic E-state index is 15.0. The average Bonchev–Trinajstić information content (AvgIpc) is 3.73. The third kappa shape index (κ3) is 21.1. The normalized spacial score (nSPS) is 18.3. The van der Waals surface area contributed by atoms with E-state index in [1.54, 1.807) is 13.8 Å². The van der Waals surface area contributed by atoms with Gasteiger partial charge in [0.15, 0.2) is 0 Å². The van der Waals surface area contributed by atoms with Crippen molar-refractivity contribution in [2.75, 3.05) is 27.2 Å². The Morgan fingerprint density at radius 2 is 1.04 bits per heavy atom. The van der Waals surface area contributed by atoms with Gasteiger partial charge < -0.3 is 52.3 Å². The molecule has 1 aliphatic carbocycles. The smallest absolute Gasteiger partial charge is 0.254 e. The number of halogens is 2. The van der Waals surface area contributed by atoms with Gasteiger partial charge in [-0.05, 0) is 143 Å². The number of likely N-dealkylation sites (tertiary alicyclic amines) is 1. The molecule has 9 amide bonds. The Morgan fingerprint density at radius 1 is 0.590 bits per heavy atom. The topological polar surface area (TPSA) is 256 Å². The molecule has 1 saturated carbocycles. The maximum Gasteiger partial charge on any atom is 0.254 e. The molecule has 0 aromatic heterocycles. The van der Waals surface area contributed by atoms with Crippen molar-refractivity contribution in [1.29, 1.82) is 0 Å². The number of likely N-dealkylation sites (N-methyl/N-ethyl adjacent to an activating group) is 1. The molecule has 7 atom stereocenters. The summed E-state index contributed by atoms with van der Waals surface area (Å²) in [6, 6.07) is -1.47. The first-order chi connectivity index (χ1) is 36.1. The van der Waals surface area contributed by atoms with E-state index in [-0.39, 0.29) is 68.0 Å². The van der Waals surface area contributed by atoms with Crippen LogP contribution in [0.25, 0.3) is 0 Å². The molecule has 1 saturated heterocycles. The Hall–Kier alpha value is -5.73. The predicted molar refractivity (Wildman–Crippen MR) is 295 cm³/mol. The number of carbonyl (C=O) groups excluding carboxylic acids is 9. The van der Waals surface area contributed by atoms with Gasteiger partial charge >= 0.3 is 0 Å². The fraction of sp³-hybridized carbons (Fsp3) is 0.737. The molecule has 8 N–H and O–H groups in total. The number of rotatable bonds is 28. The highest BCUT2D eigenvalue weighted by atomic mass is 19.1. The van der Waals surface area contributed by atoms with Crippen LogP contribution in [0.2, 0.25) is 0 Å². The van der Waals surface area contributed by atoms with Crippen molar-refractivity contribution >= 4 is 53.2 Å². The van der Waals surface area contributed by atoms with Crippen LogP contribution in [0.5, 0.6) is 0 Å². The summed E-state index contributed by atoms with van der Waals surface area (Å²) in [5.41, 5.74) is -4.49. The molecule has 0 radical (unpaired) electrons. The van der Waals surface area contributed by atoms with Crippen LogP contribution in [0.3, 0.4) is 0 Å². The van der Waals surface area contributed by atoms with E-state index in [0.29, 0.717) is 18.9 Å². The summed E-state index contributed by atoms with van der Waals surface area (Å²) in [4.78, 5) is 128. The van der Waals surface area contributed by atoms with E-state index in [2.05, 4.69) is 42.5 Å². The van der Waals surface area contributed by atoms with Crippen molar-refractivity contribution in [3.8, 4) is 0 Å². The molecule has 1 aromatic rings. The lowest BCUT2D eigenvalue weighted by Gasteiger charge is -2.34. The number of hydrogen-bond acceptors (Lipinski definition) is 10. The molecule has 0 bridgehead atoms. The van der Waals surface area contributed by atoms with Crippen LogP contribution in [0.4, 0.5) is 8.78 Å². The van der Waals surface area contributed by atoms with Crippen LogP contribution in [0.1, 0.15) is 171 Å². The average molecular weight is 1100 g/mol. The van der Waals surface area contributed by atoms with Gasteiger partial charge in [-0.25, -0.2) is 8.78 Å². The van der Waals surface area contributed by atoms with Gasteiger partial charge in [-0.2, -0.15) is 0 Å². The Bertz CT molecular complexity index is 2230. The van der Waals surface area contributed by atoms with Crippen LogP contribution in [0, 0.1) is 29.5 Å². The minimum atomic E-state index is -1.67. The maximum absolute atomic E-state index is 15.0. The fourth-order valence-corrected chi connectivity index (χ4v) is 9.82. The molecule has 78 heavy (non-hydrogen) atoms. The lowest BCUT2D eigenvalue weighted by atomic mass is 9.85. The third-order valence-electron chi connectivity index (χ3n) is 14.2. The highest BCUT2D eigenvalue weighted by molar-refractivity contribution is 6.01. The second kappa shape index (κ2) is 29.5. The van der Waals surface area contributed by atoms with Gasteiger partial charge in [-0.3, -0.25) is 43.2 Å². The molecule has 21 heteroatoms. The zero-order chi connectivity index (χ0) is 59.0. The quantitative estimate of drug-likeness (QED) is 0.0580. The van der Waals surface area contributed by atoms with Crippen molar-refractivity contribution < 1.29 is 51.9 Å². The molecule has 440 valence electrons. The van der Waals surface area contributed by atoms with Gasteiger partial charge in [-0.15, -0.1) is 0 Å². The third-order valence-corrected chi connectivity index (χ3v) is 14.2. The highest BCUT2D eigenvalue weighted by Gasteiger charge is 2.43. The molecule has 1 aliphatic heterocycles. The van der Waals surface area contributed by atoms with E-state index < -0.39 is 112 Å². The standard InChI is InChI=1S/C57H94F2N10O9/c1-33(2)27-42(47(71)63-44(29-35(5)6)49(73)66-57(12,13)54(78)67-56(10,11)52(76)60-36(7)31-68(14)15)64-53(77)55(8,9)65-48(72)43(28-34(3)4)62-46(70)41(26-21-37-19-17-16-18-20-37)61-50(74)45-30-40(59)32-69(45)51(75)38-22-24-39(58)25-23-38/h22-25,33-37,40-45H,16-21,26-32H2,1-15H3,(H,60,76)(H,61,74)(H,62,70)(H,63,71)(H,64,77)(H,65,72)(H,66,73)(H,67,78)/t36-,40+,41-,42-,43-,44-,45-/m0/s1. The van der Waals surface area contributed by atoms with Crippen molar-refractivity contribution in [2.24, 2.45) is 23.7 Å². The monoisotopic (exact) mass is 1100 g/mol. The second-order valence-electron chi connectivity index (χ2n) is 24.9. The van der Waals surface area contributed by atoms with Crippen molar-refractivity contribution in [2.45, 2.75) is 220 Å². The van der Waals surface area contributed by atoms with Crippen LogP contribution in [-0.4, -0.2) is 149 Å². The Morgan fingerprint density at radius 3 is 1.53 bits per heavy atom. The van der Waals surface area contributed by atoms with Gasteiger partial charge in [0.05, 0.1) is 6.54 Å². The Kier molecular flexibility index (Phi) is 25.1. The van der Waals surface area contributed by atoms with Gasteiger partial charge in [-0.1, -0.05) is 73.6 Å². The summed E-state index contributed by atoms with van der Waals surface area (Å²) >= 11 is 0. The predicted octanol–water partition coefficient (Wildman–Crippen LogP) is 4.57. The van der Waals surface area contributed by atoms with Crippen LogP contribution in [-0.2, 0) is 38.4 Å². The van der Waals surface area contributed by atoms with Crippen LogP contribution >= 0.6 is 0 Å². The lowest BCUT2D eigenvalue weighted by molar-refractivity contribution is -0.139. The first-order valence-corrected chi connectivity index (χ1v) is 28.0. The molecule has 2 aliphatic rings. The number of benzene rings is 1. The Labute approximate surface area is 462 Å². The van der Waals surface area contributed by atoms with E-state index >= 15 is 4.39 Å². The molecule has 1 heterocycles. The summed E-state index contributed by atoms with van der Waals surface area (Å²) in [7, 11) is 3.75. The minimum absolute atomic E-state index is 0.0717. The first-order valence-electron chi connectivity index (χ1n) is 28.0. The van der Waals surface area contributed by atoms with Gasteiger partial charge in [0, 0.05) is 24.6 Å². The zero-order valence-corrected chi connectivity index (χ0v) is 49.2. The zero-order valence-electron chi connectivity index (χ0n) is 49.2. The molecular weight excluding hydrogens is 1010 g/mol. The minimum Gasteiger partial charge on any atom is -0.350 e.